The molecule has 0 aromatic carbocycles. The second kappa shape index (κ2) is 10.9. The van der Waals surface area contributed by atoms with Gasteiger partial charge in [0.15, 0.2) is 23.5 Å². The molecule has 3 aromatic rings. The van der Waals surface area contributed by atoms with Crippen molar-refractivity contribution in [1.29, 1.82) is 0 Å². The highest BCUT2D eigenvalue weighted by Crippen LogP contribution is 2.47. The molecule has 4 atom stereocenters. The van der Waals surface area contributed by atoms with E-state index in [1.165, 1.54) is 0 Å². The smallest absolute Gasteiger partial charge is 0.217 e. The highest BCUT2D eigenvalue weighted by molar-refractivity contribution is 5.91. The Hall–Kier alpha value is -3.18. The van der Waals surface area contributed by atoms with Gasteiger partial charge in [0.1, 0.15) is 23.3 Å². The van der Waals surface area contributed by atoms with Crippen LogP contribution in [0.4, 0.5) is 0 Å². The molecule has 218 valence electrons. The van der Waals surface area contributed by atoms with Crippen molar-refractivity contribution < 1.29 is 18.8 Å². The number of nitrogens with zero attached hydrogens (tertiary/aromatic N) is 7. The van der Waals surface area contributed by atoms with E-state index in [2.05, 4.69) is 29.1 Å². The van der Waals surface area contributed by atoms with Crippen LogP contribution in [0.5, 0.6) is 5.88 Å². The van der Waals surface area contributed by atoms with Gasteiger partial charge in [-0.1, -0.05) is 11.6 Å². The van der Waals surface area contributed by atoms with E-state index in [9.17, 15) is 4.79 Å². The van der Waals surface area contributed by atoms with Crippen LogP contribution in [-0.4, -0.2) is 73.1 Å². The maximum atomic E-state index is 13.2. The first-order chi connectivity index (χ1) is 20.0. The number of hydrogen-bond donors (Lipinski definition) is 0. The number of ether oxygens (including phenoxy) is 2. The minimum absolute atomic E-state index is 0.0567. The number of Topliss-reactive ketones (excluding diaryl/α,β-unsaturated/α-hetero) is 1. The van der Waals surface area contributed by atoms with E-state index in [-0.39, 0.29) is 18.1 Å². The monoisotopic (exact) mass is 561 g/mol. The fraction of sp³-hybridized carbons (Fsp3) is 0.667. The molecule has 1 saturated carbocycles. The SMILES string of the molecule is C[C@H](Oc1cc(-c2cnn(C3CCCCO3)n2)nc(-c2noc3c2CCC[C@@]32CCCCC2=O)n1)[C@@H]1CCCN1C. The number of fused-ring (bicyclic) bond motifs is 2. The second-order valence-corrected chi connectivity index (χ2v) is 12.2. The van der Waals surface area contributed by atoms with E-state index >= 15 is 0 Å². The van der Waals surface area contributed by atoms with Crippen molar-refractivity contribution in [2.45, 2.75) is 108 Å². The first kappa shape index (κ1) is 26.7. The van der Waals surface area contributed by atoms with Gasteiger partial charge in [-0.25, -0.2) is 4.98 Å². The lowest BCUT2D eigenvalue weighted by atomic mass is 9.64. The van der Waals surface area contributed by atoms with Crippen LogP contribution in [0.25, 0.3) is 22.9 Å². The van der Waals surface area contributed by atoms with Gasteiger partial charge in [0.05, 0.1) is 11.6 Å². The van der Waals surface area contributed by atoms with Gasteiger partial charge in [-0.15, -0.1) is 5.10 Å². The molecule has 0 bridgehead atoms. The van der Waals surface area contributed by atoms with Crippen molar-refractivity contribution in [2.75, 3.05) is 20.2 Å². The van der Waals surface area contributed by atoms with Crippen LogP contribution in [0, 0.1) is 0 Å². The zero-order valence-corrected chi connectivity index (χ0v) is 24.0. The lowest BCUT2D eigenvalue weighted by molar-refractivity contribution is -0.128. The maximum Gasteiger partial charge on any atom is 0.217 e. The summed E-state index contributed by atoms with van der Waals surface area (Å²) >= 11 is 0. The van der Waals surface area contributed by atoms with E-state index in [1.54, 1.807) is 11.0 Å². The Morgan fingerprint density at radius 2 is 1.95 bits per heavy atom. The van der Waals surface area contributed by atoms with E-state index in [4.69, 9.17) is 29.1 Å². The van der Waals surface area contributed by atoms with Crippen molar-refractivity contribution in [1.82, 2.24) is 35.0 Å². The van der Waals surface area contributed by atoms with Gasteiger partial charge in [0, 0.05) is 30.7 Å². The normalized spacial score (nSPS) is 27.7. The summed E-state index contributed by atoms with van der Waals surface area (Å²) < 4.78 is 18.4. The Balaban J connectivity index is 1.27. The standard InChI is InChI=1S/C30H39N7O4/c1-19(23-10-8-15-36(23)2)40-25-17-21(22-18-31-37(34-22)26-12-4-6-16-39-26)32-29(33-25)27-20-9-7-14-30(28(20)41-35-27)13-5-3-11-24(30)38/h17-19,23,26H,3-16H2,1-2H3/t19-,23-,26?,30+/m0/s1. The van der Waals surface area contributed by atoms with Gasteiger partial charge < -0.3 is 14.0 Å². The molecule has 41 heavy (non-hydrogen) atoms. The third kappa shape index (κ3) is 4.86. The summed E-state index contributed by atoms with van der Waals surface area (Å²) in [6.45, 7) is 3.88. The summed E-state index contributed by atoms with van der Waals surface area (Å²) in [5.74, 6) is 1.90. The molecule has 0 N–H and O–H groups in total. The van der Waals surface area contributed by atoms with Gasteiger partial charge in [0.25, 0.3) is 0 Å². The van der Waals surface area contributed by atoms with Crippen molar-refractivity contribution in [3.8, 4) is 28.8 Å². The van der Waals surface area contributed by atoms with Crippen molar-refractivity contribution in [3.05, 3.63) is 23.6 Å². The molecule has 2 aliphatic carbocycles. The number of carbonyl (C=O) groups is 1. The molecule has 7 rings (SSSR count). The van der Waals surface area contributed by atoms with Crippen LogP contribution < -0.4 is 4.74 Å². The second-order valence-electron chi connectivity index (χ2n) is 12.2. The topological polar surface area (TPSA) is 121 Å². The van der Waals surface area contributed by atoms with Gasteiger partial charge in [-0.2, -0.15) is 14.9 Å². The van der Waals surface area contributed by atoms with E-state index < -0.39 is 5.41 Å². The molecule has 1 spiro atoms. The first-order valence-electron chi connectivity index (χ1n) is 15.3. The molecule has 1 unspecified atom stereocenters. The molecule has 11 heteroatoms. The van der Waals surface area contributed by atoms with Crippen LogP contribution in [0.3, 0.4) is 0 Å². The van der Waals surface area contributed by atoms with Gasteiger partial charge in [0.2, 0.25) is 5.88 Å². The molecule has 11 nitrogen and oxygen atoms in total. The molecule has 0 radical (unpaired) electrons. The molecule has 0 amide bonds. The third-order valence-electron chi connectivity index (χ3n) is 9.57. The van der Waals surface area contributed by atoms with Crippen LogP contribution >= 0.6 is 0 Å². The summed E-state index contributed by atoms with van der Waals surface area (Å²) in [6.07, 6.45) is 12.7. The van der Waals surface area contributed by atoms with E-state index in [0.717, 1.165) is 88.5 Å². The Kier molecular flexibility index (Phi) is 7.10. The third-order valence-corrected chi connectivity index (χ3v) is 9.57. The minimum Gasteiger partial charge on any atom is -0.473 e. The Morgan fingerprint density at radius 3 is 2.76 bits per heavy atom. The van der Waals surface area contributed by atoms with Crippen LogP contribution in [0.1, 0.15) is 95.1 Å². The fourth-order valence-corrected chi connectivity index (χ4v) is 7.33. The number of aromatic nitrogens is 6. The Bertz CT molecular complexity index is 1410. The van der Waals surface area contributed by atoms with Crippen LogP contribution in [-0.2, 0) is 21.4 Å². The largest absolute Gasteiger partial charge is 0.473 e. The summed E-state index contributed by atoms with van der Waals surface area (Å²) in [5, 5.41) is 13.7. The zero-order valence-electron chi connectivity index (χ0n) is 24.0. The fourth-order valence-electron chi connectivity index (χ4n) is 7.33. The predicted molar refractivity (Wildman–Crippen MR) is 149 cm³/mol. The summed E-state index contributed by atoms with van der Waals surface area (Å²) in [4.78, 5) is 27.0. The Labute approximate surface area is 240 Å². The Morgan fingerprint density at radius 1 is 1.05 bits per heavy atom. The molecule has 5 heterocycles. The van der Waals surface area contributed by atoms with Gasteiger partial charge >= 0.3 is 0 Å². The highest BCUT2D eigenvalue weighted by Gasteiger charge is 2.48. The lowest BCUT2D eigenvalue weighted by Gasteiger charge is -2.36. The summed E-state index contributed by atoms with van der Waals surface area (Å²) in [5.41, 5.74) is 2.22. The van der Waals surface area contributed by atoms with Crippen molar-refractivity contribution in [3.63, 3.8) is 0 Å². The van der Waals surface area contributed by atoms with Crippen LogP contribution in [0.15, 0.2) is 16.8 Å². The number of ketones is 1. The van der Waals surface area contributed by atoms with Crippen molar-refractivity contribution >= 4 is 5.78 Å². The summed E-state index contributed by atoms with van der Waals surface area (Å²) in [7, 11) is 2.14. The zero-order chi connectivity index (χ0) is 28.0. The van der Waals surface area contributed by atoms with Crippen molar-refractivity contribution in [2.24, 2.45) is 0 Å². The molecular formula is C30H39N7O4. The quantitative estimate of drug-likeness (QED) is 0.420. The number of hydrogen-bond acceptors (Lipinski definition) is 10. The molecule has 2 aliphatic heterocycles. The first-order valence-corrected chi connectivity index (χ1v) is 15.3. The number of rotatable bonds is 6. The van der Waals surface area contributed by atoms with E-state index in [0.29, 0.717) is 47.9 Å². The highest BCUT2D eigenvalue weighted by atomic mass is 16.5. The predicted octanol–water partition coefficient (Wildman–Crippen LogP) is 4.67. The average molecular weight is 562 g/mol. The average Bonchev–Trinajstić information content (AvgIpc) is 3.75. The lowest BCUT2D eigenvalue weighted by Crippen LogP contribution is -2.41. The maximum absolute atomic E-state index is 13.2. The molecule has 4 aliphatic rings. The number of carbonyl (C=O) groups excluding carboxylic acids is 1. The minimum atomic E-state index is -0.557. The van der Waals surface area contributed by atoms with Crippen LogP contribution in [0.2, 0.25) is 0 Å². The molecule has 3 fully saturated rings. The van der Waals surface area contributed by atoms with Gasteiger partial charge in [-0.05, 0) is 84.7 Å². The molecule has 3 aromatic heterocycles. The summed E-state index contributed by atoms with van der Waals surface area (Å²) in [6, 6.07) is 2.15. The number of likely N-dealkylation sites (tertiary alicyclic amines) is 1. The number of likely N-dealkylation sites (N-methyl/N-ethyl adjacent to an activating group) is 1. The van der Waals surface area contributed by atoms with E-state index in [1.807, 2.05) is 6.07 Å². The molecular weight excluding hydrogens is 522 g/mol. The van der Waals surface area contributed by atoms with Gasteiger partial charge in [-0.3, -0.25) is 9.69 Å². The molecule has 2 saturated heterocycles.